The molecule has 9 heteroatoms. The second-order valence-corrected chi connectivity index (χ2v) is 10.5. The number of rotatable bonds is 7. The molecule has 1 heterocycles. The van der Waals surface area contributed by atoms with Gasteiger partial charge in [0, 0.05) is 25.0 Å². The minimum Gasteiger partial charge on any atom is -0.338 e. The molecule has 1 aliphatic heterocycles. The lowest BCUT2D eigenvalue weighted by molar-refractivity contribution is -0.142. The van der Waals surface area contributed by atoms with E-state index in [2.05, 4.69) is 4.72 Å². The van der Waals surface area contributed by atoms with Crippen molar-refractivity contribution in [1.82, 2.24) is 9.62 Å². The topological polar surface area (TPSA) is 66.5 Å². The van der Waals surface area contributed by atoms with Crippen LogP contribution in [0.15, 0.2) is 42.5 Å². The fourth-order valence-corrected chi connectivity index (χ4v) is 5.37. The molecule has 1 aliphatic carbocycles. The number of nitrogens with one attached hydrogen (secondary N) is 1. The van der Waals surface area contributed by atoms with Crippen molar-refractivity contribution in [2.75, 3.05) is 12.3 Å². The number of alkyl halides is 1. The van der Waals surface area contributed by atoms with E-state index in [4.69, 9.17) is 0 Å². The molecule has 2 aliphatic rings. The van der Waals surface area contributed by atoms with Crippen LogP contribution in [0.1, 0.15) is 32.3 Å². The molecule has 0 spiro atoms. The molecule has 5 nitrogen and oxygen atoms in total. The zero-order chi connectivity index (χ0) is 23.3. The molecule has 4 rings (SSSR count). The molecule has 1 saturated carbocycles. The van der Waals surface area contributed by atoms with Crippen molar-refractivity contribution in [3.8, 4) is 11.1 Å². The van der Waals surface area contributed by atoms with Gasteiger partial charge in [0.15, 0.2) is 0 Å². The molecule has 2 aromatic rings. The SMILES string of the molecule is CCS(=O)(=O)N[C@@H](C)[C@@H]1CCN1C(=O)[C@@H]1C[C@@]1(F)c1ccccc1-c1c(F)cccc1F. The van der Waals surface area contributed by atoms with Crippen LogP contribution in [0.2, 0.25) is 0 Å². The third-order valence-corrected chi connectivity index (χ3v) is 7.96. The Hall–Kier alpha value is -2.39. The number of hydrogen-bond donors (Lipinski definition) is 1. The molecule has 0 bridgehead atoms. The highest BCUT2D eigenvalue weighted by Gasteiger charge is 2.63. The lowest BCUT2D eigenvalue weighted by Crippen LogP contribution is -2.60. The van der Waals surface area contributed by atoms with Crippen molar-refractivity contribution in [3.05, 3.63) is 59.7 Å². The zero-order valence-corrected chi connectivity index (χ0v) is 18.6. The molecule has 0 unspecified atom stereocenters. The minimum absolute atomic E-state index is 0.0718. The molecule has 32 heavy (non-hydrogen) atoms. The van der Waals surface area contributed by atoms with Crippen molar-refractivity contribution in [1.29, 1.82) is 0 Å². The van der Waals surface area contributed by atoms with Gasteiger partial charge >= 0.3 is 0 Å². The second-order valence-electron chi connectivity index (χ2n) is 8.46. The molecule has 1 amide bonds. The third kappa shape index (κ3) is 3.92. The summed E-state index contributed by atoms with van der Waals surface area (Å²) in [6.07, 6.45) is 0.527. The monoisotopic (exact) mass is 466 g/mol. The highest BCUT2D eigenvalue weighted by Crippen LogP contribution is 2.59. The normalized spacial score (nSPS) is 25.8. The van der Waals surface area contributed by atoms with Gasteiger partial charge in [-0.25, -0.2) is 26.3 Å². The molecule has 2 aromatic carbocycles. The summed E-state index contributed by atoms with van der Waals surface area (Å²) in [5, 5.41) is 0. The summed E-state index contributed by atoms with van der Waals surface area (Å²) in [5.74, 6) is -3.06. The van der Waals surface area contributed by atoms with Crippen LogP contribution in [0, 0.1) is 17.6 Å². The number of hydrogen-bond acceptors (Lipinski definition) is 3. The van der Waals surface area contributed by atoms with Crippen molar-refractivity contribution in [2.24, 2.45) is 5.92 Å². The fraction of sp³-hybridized carbons (Fsp3) is 0.435. The Morgan fingerprint density at radius 2 is 1.84 bits per heavy atom. The summed E-state index contributed by atoms with van der Waals surface area (Å²) in [7, 11) is -3.44. The van der Waals surface area contributed by atoms with Crippen LogP contribution in [0.5, 0.6) is 0 Å². The van der Waals surface area contributed by atoms with Crippen LogP contribution in [0.25, 0.3) is 11.1 Å². The average Bonchev–Trinajstić information content (AvgIpc) is 3.40. The first-order valence-corrected chi connectivity index (χ1v) is 12.3. The van der Waals surface area contributed by atoms with Crippen LogP contribution in [-0.4, -0.2) is 43.6 Å². The van der Waals surface area contributed by atoms with E-state index >= 15 is 4.39 Å². The fourth-order valence-electron chi connectivity index (χ4n) is 4.48. The molecule has 0 radical (unpaired) electrons. The van der Waals surface area contributed by atoms with E-state index in [1.165, 1.54) is 30.0 Å². The number of halogens is 3. The predicted octanol–water partition coefficient (Wildman–Crippen LogP) is 3.75. The maximum Gasteiger partial charge on any atom is 0.229 e. The Labute approximate surface area is 185 Å². The molecular weight excluding hydrogens is 441 g/mol. The first kappa shape index (κ1) is 22.8. The summed E-state index contributed by atoms with van der Waals surface area (Å²) < 4.78 is 71.0. The molecule has 1 saturated heterocycles. The van der Waals surface area contributed by atoms with Crippen LogP contribution < -0.4 is 4.72 Å². The number of carbonyl (C=O) groups excluding carboxylic acids is 1. The third-order valence-electron chi connectivity index (χ3n) is 6.47. The minimum atomic E-state index is -3.44. The molecule has 0 aromatic heterocycles. The average molecular weight is 467 g/mol. The summed E-state index contributed by atoms with van der Waals surface area (Å²) in [4.78, 5) is 14.6. The Morgan fingerprint density at radius 3 is 2.44 bits per heavy atom. The number of nitrogens with zero attached hydrogens (tertiary/aromatic N) is 1. The van der Waals surface area contributed by atoms with E-state index in [1.54, 1.807) is 19.1 Å². The van der Waals surface area contributed by atoms with Gasteiger partial charge in [0.25, 0.3) is 0 Å². The van der Waals surface area contributed by atoms with E-state index in [1.807, 2.05) is 0 Å². The van der Waals surface area contributed by atoms with E-state index in [0.29, 0.717) is 13.0 Å². The number of amides is 1. The summed E-state index contributed by atoms with van der Waals surface area (Å²) >= 11 is 0. The molecular formula is C23H25F3N2O3S. The van der Waals surface area contributed by atoms with E-state index in [-0.39, 0.29) is 34.9 Å². The summed E-state index contributed by atoms with van der Waals surface area (Å²) in [5.41, 5.74) is -2.18. The maximum absolute atomic E-state index is 15.9. The van der Waals surface area contributed by atoms with Gasteiger partial charge in [-0.1, -0.05) is 30.3 Å². The van der Waals surface area contributed by atoms with E-state index in [0.717, 1.165) is 12.1 Å². The maximum atomic E-state index is 15.9. The van der Waals surface area contributed by atoms with Crippen molar-refractivity contribution < 1.29 is 26.4 Å². The van der Waals surface area contributed by atoms with Crippen LogP contribution in [-0.2, 0) is 20.5 Å². The lowest BCUT2D eigenvalue weighted by Gasteiger charge is -2.44. The van der Waals surface area contributed by atoms with Crippen molar-refractivity contribution >= 4 is 15.9 Å². The van der Waals surface area contributed by atoms with Gasteiger partial charge in [-0.2, -0.15) is 0 Å². The van der Waals surface area contributed by atoms with Gasteiger partial charge in [0.1, 0.15) is 17.3 Å². The zero-order valence-electron chi connectivity index (χ0n) is 17.8. The lowest BCUT2D eigenvalue weighted by atomic mass is 9.92. The Kier molecular flexibility index (Phi) is 5.83. The van der Waals surface area contributed by atoms with Crippen LogP contribution >= 0.6 is 0 Å². The first-order valence-electron chi connectivity index (χ1n) is 10.6. The summed E-state index contributed by atoms with van der Waals surface area (Å²) in [6, 6.07) is 8.67. The van der Waals surface area contributed by atoms with Gasteiger partial charge < -0.3 is 4.90 Å². The molecule has 2 fully saturated rings. The van der Waals surface area contributed by atoms with E-state index < -0.39 is 45.2 Å². The Morgan fingerprint density at radius 1 is 1.19 bits per heavy atom. The Bertz CT molecular complexity index is 1140. The first-order chi connectivity index (χ1) is 15.1. The van der Waals surface area contributed by atoms with Crippen LogP contribution in [0.4, 0.5) is 13.2 Å². The van der Waals surface area contributed by atoms with Crippen LogP contribution in [0.3, 0.4) is 0 Å². The molecule has 172 valence electrons. The van der Waals surface area contributed by atoms with Crippen molar-refractivity contribution in [3.63, 3.8) is 0 Å². The Balaban J connectivity index is 1.56. The smallest absolute Gasteiger partial charge is 0.229 e. The van der Waals surface area contributed by atoms with Gasteiger partial charge in [-0.15, -0.1) is 0 Å². The van der Waals surface area contributed by atoms with Gasteiger partial charge in [0.2, 0.25) is 15.9 Å². The largest absolute Gasteiger partial charge is 0.338 e. The predicted molar refractivity (Wildman–Crippen MR) is 115 cm³/mol. The quantitative estimate of drug-likeness (QED) is 0.676. The van der Waals surface area contributed by atoms with Crippen molar-refractivity contribution in [2.45, 2.75) is 44.4 Å². The van der Waals surface area contributed by atoms with E-state index in [9.17, 15) is 22.0 Å². The van der Waals surface area contributed by atoms with Gasteiger partial charge in [-0.05, 0) is 43.5 Å². The standard InChI is InChI=1S/C23H25F3N2O3S/c1-3-32(30,31)27-14(2)20-11-12-28(20)22(29)17-13-23(17,26)16-8-5-4-7-15(16)21-18(24)9-6-10-19(21)25/h4-10,14,17,20,27H,3,11-13H2,1-2H3/t14-,17-,20-,23+/m0/s1. The number of likely N-dealkylation sites (tertiary alicyclic amines) is 1. The van der Waals surface area contributed by atoms with Gasteiger partial charge in [-0.3, -0.25) is 4.79 Å². The summed E-state index contributed by atoms with van der Waals surface area (Å²) in [6.45, 7) is 3.62. The molecule has 4 atom stereocenters. The highest BCUT2D eigenvalue weighted by atomic mass is 32.2. The highest BCUT2D eigenvalue weighted by molar-refractivity contribution is 7.89. The number of benzene rings is 2. The number of carbonyl (C=O) groups is 1. The number of sulfonamides is 1. The molecule has 1 N–H and O–H groups in total. The second kappa shape index (κ2) is 8.19. The van der Waals surface area contributed by atoms with Gasteiger partial charge in [0.05, 0.1) is 17.2 Å².